The predicted octanol–water partition coefficient (Wildman–Crippen LogP) is 4.41. The van der Waals surface area contributed by atoms with Crippen LogP contribution in [0.15, 0.2) is 12.2 Å². The van der Waals surface area contributed by atoms with E-state index in [2.05, 4.69) is 19.1 Å². The normalized spacial score (nSPS) is 10.6. The fraction of sp³-hybridized carbons (Fsp3) is 0.812. The van der Waals surface area contributed by atoms with Gasteiger partial charge in [-0.3, -0.25) is 4.79 Å². The van der Waals surface area contributed by atoms with Crippen molar-refractivity contribution < 1.29 is 9.90 Å². The first-order chi connectivity index (χ1) is 8.77. The molecule has 0 fully saturated rings. The summed E-state index contributed by atoms with van der Waals surface area (Å²) in [6.45, 7) is 2.24. The van der Waals surface area contributed by atoms with Crippen molar-refractivity contribution in [1.82, 2.24) is 0 Å². The maximum atomic E-state index is 10.3. The van der Waals surface area contributed by atoms with Gasteiger partial charge in [0, 0.05) is 6.42 Å². The molecule has 0 atom stereocenters. The Kier molecular flexibility index (Phi) is 21.2. The molecule has 2 nitrogen and oxygen atoms in total. The maximum absolute atomic E-state index is 10.3. The number of allylic oxidation sites excluding steroid dienone is 2. The van der Waals surface area contributed by atoms with Crippen molar-refractivity contribution in [2.45, 2.75) is 84.0 Å². The summed E-state index contributed by atoms with van der Waals surface area (Å²) < 4.78 is 0. The van der Waals surface area contributed by atoms with Crippen molar-refractivity contribution in [3.05, 3.63) is 12.2 Å². The quantitative estimate of drug-likeness (QED) is 0.310. The summed E-state index contributed by atoms with van der Waals surface area (Å²) in [5.74, 6) is -0.666. The second-order valence-electron chi connectivity index (χ2n) is 5.02. The van der Waals surface area contributed by atoms with Crippen molar-refractivity contribution in [3.63, 3.8) is 0 Å². The van der Waals surface area contributed by atoms with Crippen LogP contribution in [0, 0.1) is 0 Å². The summed E-state index contributed by atoms with van der Waals surface area (Å²) in [6.07, 6.45) is 18.3. The number of hydrogen-bond donors (Lipinski definition) is 1. The number of carbonyl (C=O) groups is 1. The summed E-state index contributed by atoms with van der Waals surface area (Å²) in [6, 6.07) is 0. The van der Waals surface area contributed by atoms with Crippen LogP contribution in [0.3, 0.4) is 0 Å². The van der Waals surface area contributed by atoms with E-state index < -0.39 is 5.97 Å². The molecule has 1 N–H and O–H groups in total. The van der Waals surface area contributed by atoms with Gasteiger partial charge in [-0.1, -0.05) is 57.6 Å². The molecule has 19 heavy (non-hydrogen) atoms. The average Bonchev–Trinajstić information content (AvgIpc) is 2.34. The molecule has 0 aromatic rings. The van der Waals surface area contributed by atoms with Crippen molar-refractivity contribution in [2.24, 2.45) is 0 Å². The number of rotatable bonds is 13. The number of aliphatic carboxylic acids is 1. The molecule has 0 aliphatic carbocycles. The third-order valence-corrected chi connectivity index (χ3v) is 3.15. The molecule has 0 rings (SSSR count). The molecule has 0 heterocycles. The number of carboxylic acid groups (broad SMARTS) is 1. The minimum atomic E-state index is -0.666. The Morgan fingerprint density at radius 3 is 1.84 bits per heavy atom. The van der Waals surface area contributed by atoms with E-state index in [9.17, 15) is 4.79 Å². The molecule has 0 aromatic heterocycles. The Bertz CT molecular complexity index is 215. The molecule has 0 spiro atoms. The number of hydrogen-bond acceptors (Lipinski definition) is 1. The first-order valence-corrected chi connectivity index (χ1v) is 7.64. The van der Waals surface area contributed by atoms with Gasteiger partial charge < -0.3 is 5.11 Å². The van der Waals surface area contributed by atoms with Gasteiger partial charge in [-0.05, 0) is 32.1 Å². The second kappa shape index (κ2) is 18.5. The predicted molar refractivity (Wildman–Crippen MR) is 86.4 cm³/mol. The summed E-state index contributed by atoms with van der Waals surface area (Å²) in [7, 11) is 0. The summed E-state index contributed by atoms with van der Waals surface area (Å²) in [4.78, 5) is 10.3. The van der Waals surface area contributed by atoms with Crippen LogP contribution < -0.4 is 0 Å². The number of carboxylic acids is 1. The monoisotopic (exact) mass is 296 g/mol. The molecule has 0 radical (unpaired) electrons. The fourth-order valence-electron chi connectivity index (χ4n) is 1.99. The van der Waals surface area contributed by atoms with Crippen LogP contribution >= 0.6 is 0 Å². The zero-order valence-corrected chi connectivity index (χ0v) is 12.0. The van der Waals surface area contributed by atoms with Crippen LogP contribution in [0.1, 0.15) is 84.0 Å². The van der Waals surface area contributed by atoms with Gasteiger partial charge in [-0.2, -0.15) is 0 Å². The molecule has 0 aromatic carbocycles. The van der Waals surface area contributed by atoms with Gasteiger partial charge in [0.2, 0.25) is 0 Å². The van der Waals surface area contributed by atoms with Gasteiger partial charge >= 0.3 is 43.7 Å². The van der Waals surface area contributed by atoms with Crippen molar-refractivity contribution in [1.29, 1.82) is 0 Å². The summed E-state index contributed by atoms with van der Waals surface area (Å²) in [5.41, 5.74) is 0. The van der Waals surface area contributed by atoms with E-state index in [1.807, 2.05) is 0 Å². The molecule has 110 valence electrons. The fourth-order valence-corrected chi connectivity index (χ4v) is 1.99. The van der Waals surface area contributed by atoms with Gasteiger partial charge in [-0.15, -0.1) is 0 Å². The molecule has 0 aliphatic rings. The molecule has 0 bridgehead atoms. The molecule has 0 saturated carbocycles. The van der Waals surface area contributed by atoms with E-state index in [-0.39, 0.29) is 37.7 Å². The Labute approximate surface area is 149 Å². The van der Waals surface area contributed by atoms with Gasteiger partial charge in [-0.25, -0.2) is 0 Å². The van der Waals surface area contributed by atoms with Gasteiger partial charge in [0.1, 0.15) is 0 Å². The third-order valence-electron chi connectivity index (χ3n) is 3.15. The van der Waals surface area contributed by atoms with Crippen LogP contribution in [0.2, 0.25) is 0 Å². The van der Waals surface area contributed by atoms with E-state index in [1.165, 1.54) is 57.8 Å². The van der Waals surface area contributed by atoms with Crippen molar-refractivity contribution in [3.8, 4) is 0 Å². The van der Waals surface area contributed by atoms with Crippen LogP contribution in [-0.4, -0.2) is 48.8 Å². The third kappa shape index (κ3) is 20.9. The average molecular weight is 297 g/mol. The standard InChI is InChI=1S/C16H30O2.Ca.2H/c1-2-3-4-5-6-7-8-9-10-11-12-13-14-15-16(17)18;;;/h7-8H,2-6,9-15H2,1H3,(H,17,18);;;/b8-7-;;;. The molecule has 0 aliphatic heterocycles. The van der Waals surface area contributed by atoms with Crippen LogP contribution in [0.5, 0.6) is 0 Å². The Morgan fingerprint density at radius 2 is 1.32 bits per heavy atom. The van der Waals surface area contributed by atoms with Gasteiger partial charge in [0.25, 0.3) is 0 Å². The zero-order valence-electron chi connectivity index (χ0n) is 12.0. The van der Waals surface area contributed by atoms with Gasteiger partial charge in [0.05, 0.1) is 0 Å². The molecular weight excluding hydrogens is 264 g/mol. The molecule has 0 saturated heterocycles. The summed E-state index contributed by atoms with van der Waals surface area (Å²) in [5, 5.41) is 8.48. The summed E-state index contributed by atoms with van der Waals surface area (Å²) >= 11 is 0. The topological polar surface area (TPSA) is 37.3 Å². The van der Waals surface area contributed by atoms with Crippen LogP contribution in [-0.2, 0) is 4.79 Å². The Morgan fingerprint density at radius 1 is 0.842 bits per heavy atom. The molecular formula is C16H32CaO2. The van der Waals surface area contributed by atoms with Crippen LogP contribution in [0.4, 0.5) is 0 Å². The van der Waals surface area contributed by atoms with E-state index in [4.69, 9.17) is 5.11 Å². The molecule has 3 heteroatoms. The van der Waals surface area contributed by atoms with Crippen LogP contribution in [0.25, 0.3) is 0 Å². The van der Waals surface area contributed by atoms with E-state index >= 15 is 0 Å². The first-order valence-electron chi connectivity index (χ1n) is 7.64. The van der Waals surface area contributed by atoms with Crippen molar-refractivity contribution in [2.75, 3.05) is 0 Å². The minimum absolute atomic E-state index is 0. The molecule has 0 amide bonds. The first kappa shape index (κ1) is 21.8. The second-order valence-corrected chi connectivity index (χ2v) is 5.02. The Balaban J connectivity index is 0. The number of unbranched alkanes of at least 4 members (excludes halogenated alkanes) is 9. The zero-order chi connectivity index (χ0) is 13.5. The SMILES string of the molecule is CCCCCC/C=C\CCCCCCCC(=O)O.[CaH2]. The van der Waals surface area contributed by atoms with E-state index in [1.54, 1.807) is 0 Å². The molecule has 0 unspecified atom stereocenters. The van der Waals surface area contributed by atoms with Crippen molar-refractivity contribution >= 4 is 43.7 Å². The van der Waals surface area contributed by atoms with E-state index in [0.717, 1.165) is 12.8 Å². The van der Waals surface area contributed by atoms with E-state index in [0.29, 0.717) is 6.42 Å². The van der Waals surface area contributed by atoms with Gasteiger partial charge in [0.15, 0.2) is 0 Å². The Hall–Kier alpha value is 0.470.